The maximum absolute atomic E-state index is 10.3. The van der Waals surface area contributed by atoms with Gasteiger partial charge in [-0.05, 0) is 6.42 Å². The van der Waals surface area contributed by atoms with Gasteiger partial charge < -0.3 is 10.6 Å². The summed E-state index contributed by atoms with van der Waals surface area (Å²) in [5, 5.41) is 8.52. The molecule has 0 bridgehead atoms. The number of hydrogen-bond donors (Lipinski definition) is 1. The van der Waals surface area contributed by atoms with Crippen molar-refractivity contribution in [3.8, 4) is 0 Å². The molecule has 0 spiro atoms. The van der Waals surface area contributed by atoms with Gasteiger partial charge in [-0.3, -0.25) is 4.79 Å². The zero-order chi connectivity index (χ0) is 14.9. The van der Waals surface area contributed by atoms with Gasteiger partial charge >= 0.3 is 5.97 Å². The van der Waals surface area contributed by atoms with E-state index in [1.165, 1.54) is 83.5 Å². The van der Waals surface area contributed by atoms with Gasteiger partial charge in [0.05, 0.1) is 0 Å². The van der Waals surface area contributed by atoms with Crippen LogP contribution < -0.4 is 0 Å². The molecule has 3 N–H and O–H groups in total. The van der Waals surface area contributed by atoms with Crippen molar-refractivity contribution in [1.82, 2.24) is 0 Å². The Morgan fingerprint density at radius 3 is 1.18 bits per heavy atom. The van der Waals surface area contributed by atoms with Gasteiger partial charge in [0.25, 0.3) is 0 Å². The molecule has 132 valence electrons. The van der Waals surface area contributed by atoms with Gasteiger partial charge in [-0.2, -0.15) is 0 Å². The van der Waals surface area contributed by atoms with Crippen LogP contribution in [0, 0.1) is 0 Å². The number of hydrogen-bond acceptors (Lipinski definition) is 1. The number of aliphatic carboxylic acids is 1. The molecule has 0 aliphatic carbocycles. The first kappa shape index (κ1) is 27.0. The van der Waals surface area contributed by atoms with Crippen LogP contribution in [0.5, 0.6) is 0 Å². The second kappa shape index (κ2) is 23.4. The Morgan fingerprint density at radius 1 is 0.636 bits per heavy atom. The molecular weight excluding hydrogens is 312 g/mol. The van der Waals surface area contributed by atoms with Crippen molar-refractivity contribution in [3.05, 3.63) is 0 Å². The molecule has 0 rings (SSSR count). The first-order chi connectivity index (χ1) is 9.77. The number of carboxylic acids is 1. The summed E-state index contributed by atoms with van der Waals surface area (Å²) in [5.74, 6) is -0.653. The molecule has 3 nitrogen and oxygen atoms in total. The van der Waals surface area contributed by atoms with Gasteiger partial charge in [0.15, 0.2) is 0 Å². The molecule has 0 saturated heterocycles. The molecular formula is C18H38O3Ti. The SMILES string of the molecule is CCCCCCCCCCCCCCCCCC(=O)O.O.[Ti]. The van der Waals surface area contributed by atoms with E-state index in [4.69, 9.17) is 5.11 Å². The van der Waals surface area contributed by atoms with Gasteiger partial charge in [-0.25, -0.2) is 0 Å². The van der Waals surface area contributed by atoms with Crippen LogP contribution in [0.3, 0.4) is 0 Å². The summed E-state index contributed by atoms with van der Waals surface area (Å²) in [6, 6.07) is 0. The Morgan fingerprint density at radius 2 is 0.909 bits per heavy atom. The summed E-state index contributed by atoms with van der Waals surface area (Å²) in [5.41, 5.74) is 0. The number of carboxylic acid groups (broad SMARTS) is 1. The first-order valence-electron chi connectivity index (χ1n) is 8.99. The minimum atomic E-state index is -0.653. The van der Waals surface area contributed by atoms with Crippen molar-refractivity contribution in [2.24, 2.45) is 0 Å². The van der Waals surface area contributed by atoms with Crippen LogP contribution in [-0.4, -0.2) is 16.6 Å². The largest absolute Gasteiger partial charge is 0.481 e. The van der Waals surface area contributed by atoms with E-state index in [0.717, 1.165) is 12.8 Å². The van der Waals surface area contributed by atoms with Gasteiger partial charge in [0.2, 0.25) is 0 Å². The van der Waals surface area contributed by atoms with Crippen LogP contribution in [0.1, 0.15) is 110 Å². The molecule has 0 aromatic carbocycles. The van der Waals surface area contributed by atoms with E-state index in [1.807, 2.05) is 0 Å². The van der Waals surface area contributed by atoms with E-state index in [0.29, 0.717) is 6.42 Å². The molecule has 0 aliphatic heterocycles. The Bertz CT molecular complexity index is 211. The topological polar surface area (TPSA) is 68.8 Å². The summed E-state index contributed by atoms with van der Waals surface area (Å²) >= 11 is 0. The van der Waals surface area contributed by atoms with Crippen LogP contribution in [-0.2, 0) is 26.5 Å². The van der Waals surface area contributed by atoms with E-state index < -0.39 is 5.97 Å². The Kier molecular flexibility index (Phi) is 28.7. The maximum atomic E-state index is 10.3. The van der Waals surface area contributed by atoms with Crippen molar-refractivity contribution >= 4 is 5.97 Å². The molecule has 4 heteroatoms. The normalized spacial score (nSPS) is 9.86. The van der Waals surface area contributed by atoms with Crippen LogP contribution in [0.4, 0.5) is 0 Å². The molecule has 0 radical (unpaired) electrons. The molecule has 0 heterocycles. The maximum Gasteiger partial charge on any atom is 0.303 e. The van der Waals surface area contributed by atoms with Gasteiger partial charge in [0.1, 0.15) is 0 Å². The van der Waals surface area contributed by atoms with Crippen molar-refractivity contribution in [3.63, 3.8) is 0 Å². The molecule has 22 heavy (non-hydrogen) atoms. The number of unbranched alkanes of at least 4 members (excludes halogenated alkanes) is 14. The van der Waals surface area contributed by atoms with Gasteiger partial charge in [-0.15, -0.1) is 0 Å². The van der Waals surface area contributed by atoms with Crippen molar-refractivity contribution < 1.29 is 37.1 Å². The molecule has 0 atom stereocenters. The third kappa shape index (κ3) is 25.1. The minimum absolute atomic E-state index is 0. The van der Waals surface area contributed by atoms with Crippen molar-refractivity contribution in [1.29, 1.82) is 0 Å². The third-order valence-electron chi connectivity index (χ3n) is 3.99. The predicted octanol–water partition coefficient (Wildman–Crippen LogP) is 5.51. The third-order valence-corrected chi connectivity index (χ3v) is 3.99. The minimum Gasteiger partial charge on any atom is -0.481 e. The predicted molar refractivity (Wildman–Crippen MR) is 90.8 cm³/mol. The van der Waals surface area contributed by atoms with E-state index in [2.05, 4.69) is 6.92 Å². The van der Waals surface area contributed by atoms with Gasteiger partial charge in [0, 0.05) is 28.1 Å². The summed E-state index contributed by atoms with van der Waals surface area (Å²) in [6.45, 7) is 2.27. The van der Waals surface area contributed by atoms with Crippen LogP contribution in [0.25, 0.3) is 0 Å². The molecule has 0 unspecified atom stereocenters. The van der Waals surface area contributed by atoms with E-state index in [-0.39, 0.29) is 27.2 Å². The molecule has 0 aliphatic rings. The zero-order valence-electron chi connectivity index (χ0n) is 14.7. The summed E-state index contributed by atoms with van der Waals surface area (Å²) in [6.07, 6.45) is 20.2. The number of rotatable bonds is 16. The smallest absolute Gasteiger partial charge is 0.303 e. The fourth-order valence-electron chi connectivity index (χ4n) is 2.65. The second-order valence-corrected chi connectivity index (χ2v) is 6.09. The van der Waals surface area contributed by atoms with Crippen LogP contribution in [0.15, 0.2) is 0 Å². The average molecular weight is 350 g/mol. The number of carbonyl (C=O) groups is 1. The second-order valence-electron chi connectivity index (χ2n) is 6.09. The van der Waals surface area contributed by atoms with Crippen molar-refractivity contribution in [2.45, 2.75) is 110 Å². The summed E-state index contributed by atoms with van der Waals surface area (Å²) in [4.78, 5) is 10.3. The first-order valence-corrected chi connectivity index (χ1v) is 8.99. The summed E-state index contributed by atoms with van der Waals surface area (Å²) < 4.78 is 0. The quantitative estimate of drug-likeness (QED) is 0.295. The van der Waals surface area contributed by atoms with E-state index in [9.17, 15) is 4.79 Å². The monoisotopic (exact) mass is 350 g/mol. The fraction of sp³-hybridized carbons (Fsp3) is 0.944. The average Bonchev–Trinajstić information content (AvgIpc) is 2.43. The Balaban J connectivity index is -0.00000180. The van der Waals surface area contributed by atoms with Crippen LogP contribution in [0.2, 0.25) is 0 Å². The van der Waals surface area contributed by atoms with E-state index >= 15 is 0 Å². The molecule has 0 aromatic rings. The van der Waals surface area contributed by atoms with Crippen LogP contribution >= 0.6 is 0 Å². The Labute approximate surface area is 152 Å². The van der Waals surface area contributed by atoms with Crippen molar-refractivity contribution in [2.75, 3.05) is 0 Å². The fourth-order valence-corrected chi connectivity index (χ4v) is 2.65. The molecule has 0 saturated carbocycles. The standard InChI is InChI=1S/C18H36O2.H2O.Ti/c1-2-3-4-5-6-7-8-9-10-11-12-13-14-15-16-17-18(19)20;;/h2-17H2,1H3,(H,19,20);1H2;. The zero-order valence-corrected chi connectivity index (χ0v) is 16.2. The summed E-state index contributed by atoms with van der Waals surface area (Å²) in [7, 11) is 0. The molecule has 0 aromatic heterocycles. The van der Waals surface area contributed by atoms with Gasteiger partial charge in [-0.1, -0.05) is 96.8 Å². The molecule has 0 amide bonds. The molecule has 0 fully saturated rings. The van der Waals surface area contributed by atoms with E-state index in [1.54, 1.807) is 0 Å². The Hall–Kier alpha value is 0.144.